The molecule has 0 saturated heterocycles. The fourth-order valence-corrected chi connectivity index (χ4v) is 1.33. The third-order valence-electron chi connectivity index (χ3n) is 2.09. The largest absolute Gasteiger partial charge is 0.573 e. The summed E-state index contributed by atoms with van der Waals surface area (Å²) in [6, 6.07) is 6.93. The van der Waals surface area contributed by atoms with E-state index in [0.29, 0.717) is 12.0 Å². The Labute approximate surface area is 109 Å². The zero-order chi connectivity index (χ0) is 12.9. The molecule has 18 heavy (non-hydrogen) atoms. The first-order chi connectivity index (χ1) is 7.92. The molecule has 1 aromatic rings. The van der Waals surface area contributed by atoms with Crippen LogP contribution in [0.15, 0.2) is 24.3 Å². The van der Waals surface area contributed by atoms with Crippen LogP contribution in [0.25, 0.3) is 0 Å². The summed E-state index contributed by atoms with van der Waals surface area (Å²) in [4.78, 5) is 0. The van der Waals surface area contributed by atoms with Gasteiger partial charge in [0.05, 0.1) is 6.07 Å². The molecule has 3 nitrogen and oxygen atoms in total. The van der Waals surface area contributed by atoms with Crippen molar-refractivity contribution in [2.24, 2.45) is 5.73 Å². The smallest absolute Gasteiger partial charge is 0.406 e. The van der Waals surface area contributed by atoms with Gasteiger partial charge in [0, 0.05) is 12.5 Å². The minimum Gasteiger partial charge on any atom is -0.406 e. The summed E-state index contributed by atoms with van der Waals surface area (Å²) >= 11 is 0. The Kier molecular flexibility index (Phi) is 6.52. The molecule has 1 aromatic carbocycles. The lowest BCUT2D eigenvalue weighted by atomic mass is 10.0. The summed E-state index contributed by atoms with van der Waals surface area (Å²) in [7, 11) is 0. The zero-order valence-electron chi connectivity index (χ0n) is 9.28. The van der Waals surface area contributed by atoms with E-state index >= 15 is 0 Å². The first kappa shape index (κ1) is 16.6. The molecule has 0 saturated carbocycles. The summed E-state index contributed by atoms with van der Waals surface area (Å²) in [6.07, 6.45) is -4.06. The molecule has 0 aliphatic rings. The number of benzene rings is 1. The van der Waals surface area contributed by atoms with Gasteiger partial charge in [0.15, 0.2) is 0 Å². The average Bonchev–Trinajstić information content (AvgIpc) is 2.24. The molecule has 0 bridgehead atoms. The number of nitrogens with two attached hydrogens (primary N) is 1. The summed E-state index contributed by atoms with van der Waals surface area (Å²) in [5, 5.41) is 8.39. The van der Waals surface area contributed by atoms with Crippen molar-refractivity contribution in [2.45, 2.75) is 25.2 Å². The quantitative estimate of drug-likeness (QED) is 0.920. The Morgan fingerprint density at radius 3 is 2.61 bits per heavy atom. The van der Waals surface area contributed by atoms with E-state index in [9.17, 15) is 13.2 Å². The number of hydrogen-bond acceptors (Lipinski definition) is 3. The van der Waals surface area contributed by atoms with E-state index in [2.05, 4.69) is 4.74 Å². The normalized spacial score (nSPS) is 12.2. The van der Waals surface area contributed by atoms with Crippen molar-refractivity contribution in [3.05, 3.63) is 29.8 Å². The minimum atomic E-state index is -4.71. The lowest BCUT2D eigenvalue weighted by Crippen LogP contribution is -2.17. The van der Waals surface area contributed by atoms with Gasteiger partial charge in [0.2, 0.25) is 0 Å². The molecule has 100 valence electrons. The summed E-state index contributed by atoms with van der Waals surface area (Å²) in [5.74, 6) is -0.303. The molecule has 0 fully saturated rings. The van der Waals surface area contributed by atoms with Crippen LogP contribution >= 0.6 is 12.4 Å². The first-order valence-electron chi connectivity index (χ1n) is 4.90. The van der Waals surface area contributed by atoms with E-state index in [1.807, 2.05) is 6.07 Å². The zero-order valence-corrected chi connectivity index (χ0v) is 10.1. The predicted octanol–water partition coefficient (Wildman–Crippen LogP) is 3.31. The number of nitrogens with zero attached hydrogens (tertiary/aromatic N) is 1. The Balaban J connectivity index is 0.00000289. The van der Waals surface area contributed by atoms with E-state index in [1.165, 1.54) is 18.2 Å². The van der Waals surface area contributed by atoms with Crippen LogP contribution in [0.5, 0.6) is 5.75 Å². The minimum absolute atomic E-state index is 0. The maximum Gasteiger partial charge on any atom is 0.573 e. The van der Waals surface area contributed by atoms with Gasteiger partial charge in [-0.3, -0.25) is 0 Å². The van der Waals surface area contributed by atoms with Crippen LogP contribution in [0.3, 0.4) is 0 Å². The van der Waals surface area contributed by atoms with Gasteiger partial charge in [-0.15, -0.1) is 25.6 Å². The van der Waals surface area contributed by atoms with Crippen molar-refractivity contribution in [3.8, 4) is 11.8 Å². The molecular formula is C11H12ClF3N2O. The lowest BCUT2D eigenvalue weighted by Gasteiger charge is -2.13. The van der Waals surface area contributed by atoms with Crippen molar-refractivity contribution < 1.29 is 17.9 Å². The van der Waals surface area contributed by atoms with Gasteiger partial charge in [-0.05, 0) is 24.1 Å². The highest BCUT2D eigenvalue weighted by Gasteiger charge is 2.31. The van der Waals surface area contributed by atoms with Crippen molar-refractivity contribution in [1.82, 2.24) is 0 Å². The molecule has 0 radical (unpaired) electrons. The van der Waals surface area contributed by atoms with Crippen molar-refractivity contribution in [1.29, 1.82) is 5.26 Å². The second-order valence-corrected chi connectivity index (χ2v) is 3.42. The second-order valence-electron chi connectivity index (χ2n) is 3.42. The molecule has 0 aliphatic heterocycles. The Morgan fingerprint density at radius 1 is 1.39 bits per heavy atom. The third kappa shape index (κ3) is 5.75. The van der Waals surface area contributed by atoms with E-state index in [-0.39, 0.29) is 24.6 Å². The molecule has 0 amide bonds. The molecule has 0 aliphatic carbocycles. The highest BCUT2D eigenvalue weighted by Crippen LogP contribution is 2.26. The number of alkyl halides is 3. The van der Waals surface area contributed by atoms with Gasteiger partial charge < -0.3 is 10.5 Å². The molecule has 0 unspecified atom stereocenters. The van der Waals surface area contributed by atoms with Crippen molar-refractivity contribution >= 4 is 12.4 Å². The van der Waals surface area contributed by atoms with Crippen LogP contribution in [0.1, 0.15) is 24.4 Å². The number of halogens is 4. The number of hydrogen-bond donors (Lipinski definition) is 1. The Hall–Kier alpha value is -1.45. The Morgan fingerprint density at radius 2 is 2.06 bits per heavy atom. The van der Waals surface area contributed by atoms with Crippen molar-refractivity contribution in [3.63, 3.8) is 0 Å². The first-order valence-corrected chi connectivity index (χ1v) is 4.90. The van der Waals surface area contributed by atoms with Gasteiger partial charge >= 0.3 is 6.36 Å². The maximum absolute atomic E-state index is 12.0. The number of ether oxygens (including phenoxy) is 1. The molecule has 0 aromatic heterocycles. The van der Waals surface area contributed by atoms with E-state index in [4.69, 9.17) is 11.0 Å². The van der Waals surface area contributed by atoms with E-state index in [1.54, 1.807) is 6.07 Å². The van der Waals surface area contributed by atoms with Crippen LogP contribution in [-0.2, 0) is 0 Å². The molecule has 0 heterocycles. The van der Waals surface area contributed by atoms with Crippen LogP contribution in [0.4, 0.5) is 13.2 Å². The van der Waals surface area contributed by atoms with E-state index < -0.39 is 12.4 Å². The predicted molar refractivity (Wildman–Crippen MR) is 62.1 cm³/mol. The molecule has 1 atom stereocenters. The van der Waals surface area contributed by atoms with Gasteiger partial charge in [-0.25, -0.2) is 0 Å². The van der Waals surface area contributed by atoms with Gasteiger partial charge in [-0.2, -0.15) is 5.26 Å². The second kappa shape index (κ2) is 7.09. The monoisotopic (exact) mass is 280 g/mol. The lowest BCUT2D eigenvalue weighted by molar-refractivity contribution is -0.274. The maximum atomic E-state index is 12.0. The third-order valence-corrected chi connectivity index (χ3v) is 2.09. The van der Waals surface area contributed by atoms with Crippen LogP contribution < -0.4 is 10.5 Å². The fourth-order valence-electron chi connectivity index (χ4n) is 1.33. The standard InChI is InChI=1S/C11H11F3N2O.ClH/c12-11(13,14)17-9-4-1-3-8(7-9)10(16)5-2-6-15;/h1,3-4,7,10H,2,5,16H2;1H/t10-;/m0./s1. The number of nitriles is 1. The highest BCUT2D eigenvalue weighted by atomic mass is 35.5. The summed E-state index contributed by atoms with van der Waals surface area (Å²) < 4.78 is 39.7. The van der Waals surface area contributed by atoms with Crippen LogP contribution in [0, 0.1) is 11.3 Å². The van der Waals surface area contributed by atoms with Gasteiger partial charge in [0.1, 0.15) is 5.75 Å². The topological polar surface area (TPSA) is 59.0 Å². The average molecular weight is 281 g/mol. The van der Waals surface area contributed by atoms with E-state index in [0.717, 1.165) is 0 Å². The van der Waals surface area contributed by atoms with Gasteiger partial charge in [0.25, 0.3) is 0 Å². The van der Waals surface area contributed by atoms with Crippen molar-refractivity contribution in [2.75, 3.05) is 0 Å². The SMILES string of the molecule is Cl.N#CCC[C@H](N)c1cccc(OC(F)(F)F)c1. The van der Waals surface area contributed by atoms with Crippen LogP contribution in [-0.4, -0.2) is 6.36 Å². The van der Waals surface area contributed by atoms with Gasteiger partial charge in [-0.1, -0.05) is 12.1 Å². The summed E-state index contributed by atoms with van der Waals surface area (Å²) in [5.41, 5.74) is 6.24. The molecule has 1 rings (SSSR count). The molecule has 2 N–H and O–H groups in total. The molecule has 7 heteroatoms. The molecular weight excluding hydrogens is 269 g/mol. The Bertz CT molecular complexity index is 417. The molecule has 0 spiro atoms. The highest BCUT2D eigenvalue weighted by molar-refractivity contribution is 5.85. The van der Waals surface area contributed by atoms with Crippen LogP contribution in [0.2, 0.25) is 0 Å². The number of rotatable bonds is 4. The summed E-state index contributed by atoms with van der Waals surface area (Å²) in [6.45, 7) is 0. The fraction of sp³-hybridized carbons (Fsp3) is 0.364.